The van der Waals surface area contributed by atoms with Crippen LogP contribution in [0.5, 0.6) is 0 Å². The fourth-order valence-corrected chi connectivity index (χ4v) is 2.12. The molecule has 10 heteroatoms. The Bertz CT molecular complexity index is 651. The molecule has 1 rings (SSSR count). The molecule has 0 bridgehead atoms. The van der Waals surface area contributed by atoms with Gasteiger partial charge in [0.2, 0.25) is 0 Å². The average Bonchev–Trinajstić information content (AvgIpc) is 2.55. The van der Waals surface area contributed by atoms with Crippen LogP contribution in [0.4, 0.5) is 9.59 Å². The Hall–Kier alpha value is -2.96. The second kappa shape index (κ2) is 10.7. The number of alkyl carbamates (subject to hydrolysis) is 2. The minimum absolute atomic E-state index is 0.0632. The summed E-state index contributed by atoms with van der Waals surface area (Å²) in [7, 11) is 0. The Morgan fingerprint density at radius 1 is 0.800 bits per heavy atom. The van der Waals surface area contributed by atoms with Gasteiger partial charge in [0.05, 0.1) is 0 Å². The molecule has 2 N–H and O–H groups in total. The number of hydrogen-bond donors (Lipinski definition) is 2. The summed E-state index contributed by atoms with van der Waals surface area (Å²) in [6, 6.07) is -2.11. The van der Waals surface area contributed by atoms with Gasteiger partial charge in [-0.05, 0) is 41.5 Å². The molecule has 2 amide bonds. The first-order chi connectivity index (χ1) is 13.8. The molecule has 30 heavy (non-hydrogen) atoms. The van der Waals surface area contributed by atoms with Gasteiger partial charge in [-0.3, -0.25) is 0 Å². The van der Waals surface area contributed by atoms with Crippen LogP contribution in [0.1, 0.15) is 54.4 Å². The van der Waals surface area contributed by atoms with Crippen LogP contribution in [-0.2, 0) is 28.5 Å². The number of carbonyl (C=O) groups is 4. The van der Waals surface area contributed by atoms with E-state index in [4.69, 9.17) is 18.9 Å². The van der Waals surface area contributed by atoms with Gasteiger partial charge in [0, 0.05) is 12.8 Å². The van der Waals surface area contributed by atoms with Gasteiger partial charge in [-0.2, -0.15) is 0 Å². The topological polar surface area (TPSA) is 129 Å². The first kappa shape index (κ1) is 25.1. The van der Waals surface area contributed by atoms with Crippen molar-refractivity contribution in [2.75, 3.05) is 13.2 Å². The van der Waals surface area contributed by atoms with Crippen LogP contribution in [-0.4, -0.2) is 60.6 Å². The van der Waals surface area contributed by atoms with Gasteiger partial charge in [0.25, 0.3) is 0 Å². The molecule has 0 radical (unpaired) electrons. The molecule has 1 unspecified atom stereocenters. The van der Waals surface area contributed by atoms with Gasteiger partial charge in [0.1, 0.15) is 36.5 Å². The van der Waals surface area contributed by atoms with Crippen LogP contribution in [0.3, 0.4) is 0 Å². The van der Waals surface area contributed by atoms with E-state index >= 15 is 0 Å². The summed E-state index contributed by atoms with van der Waals surface area (Å²) in [5.74, 6) is 3.95. The fourth-order valence-electron chi connectivity index (χ4n) is 2.12. The van der Waals surface area contributed by atoms with Crippen molar-refractivity contribution in [3.05, 3.63) is 0 Å². The molecule has 0 aliphatic carbocycles. The Balaban J connectivity index is 2.84. The molecule has 1 aliphatic heterocycles. The SMILES string of the molecule is CC(C)(C)OC(=O)NC1CC#CC[C@H](NC(=O)OC(C)(C)C)C(=O)OCCOC1=O. The third-order valence-corrected chi connectivity index (χ3v) is 3.26. The van der Waals surface area contributed by atoms with E-state index in [0.29, 0.717) is 0 Å². The molecule has 0 spiro atoms. The highest BCUT2D eigenvalue weighted by Crippen LogP contribution is 2.09. The van der Waals surface area contributed by atoms with Gasteiger partial charge in [-0.25, -0.2) is 19.2 Å². The van der Waals surface area contributed by atoms with Gasteiger partial charge >= 0.3 is 24.1 Å². The maximum atomic E-state index is 12.2. The Labute approximate surface area is 176 Å². The monoisotopic (exact) mass is 426 g/mol. The minimum Gasteiger partial charge on any atom is -0.461 e. The maximum absolute atomic E-state index is 12.2. The molecule has 10 nitrogen and oxygen atoms in total. The summed E-state index contributed by atoms with van der Waals surface area (Å²) in [5, 5.41) is 4.84. The Morgan fingerprint density at radius 2 is 1.13 bits per heavy atom. The molecule has 0 saturated heterocycles. The molecule has 0 aromatic heterocycles. The van der Waals surface area contributed by atoms with E-state index in [2.05, 4.69) is 22.5 Å². The Kier molecular flexibility index (Phi) is 8.95. The van der Waals surface area contributed by atoms with Crippen LogP contribution >= 0.6 is 0 Å². The highest BCUT2D eigenvalue weighted by Gasteiger charge is 2.27. The molecule has 0 saturated carbocycles. The van der Waals surface area contributed by atoms with Crippen molar-refractivity contribution in [3.63, 3.8) is 0 Å². The van der Waals surface area contributed by atoms with Gasteiger partial charge in [-0.1, -0.05) is 0 Å². The summed E-state index contributed by atoms with van der Waals surface area (Å²) < 4.78 is 20.3. The summed E-state index contributed by atoms with van der Waals surface area (Å²) in [5.41, 5.74) is -1.47. The van der Waals surface area contributed by atoms with E-state index < -0.39 is 47.4 Å². The molecule has 0 fully saturated rings. The summed E-state index contributed by atoms with van der Waals surface area (Å²) >= 11 is 0. The second-order valence-electron chi connectivity index (χ2n) is 8.49. The smallest absolute Gasteiger partial charge is 0.408 e. The predicted octanol–water partition coefficient (Wildman–Crippen LogP) is 1.66. The molecule has 0 aromatic carbocycles. The zero-order valence-electron chi connectivity index (χ0n) is 18.2. The lowest BCUT2D eigenvalue weighted by molar-refractivity contribution is -0.154. The lowest BCUT2D eigenvalue weighted by atomic mass is 10.1. The number of carbonyl (C=O) groups excluding carboxylic acids is 4. The van der Waals surface area contributed by atoms with E-state index in [1.54, 1.807) is 41.5 Å². The predicted molar refractivity (Wildman–Crippen MR) is 105 cm³/mol. The van der Waals surface area contributed by atoms with Gasteiger partial charge in [-0.15, -0.1) is 11.8 Å². The Morgan fingerprint density at radius 3 is 1.43 bits per heavy atom. The number of rotatable bonds is 2. The first-order valence-corrected chi connectivity index (χ1v) is 9.55. The third kappa shape index (κ3) is 10.5. The zero-order chi connectivity index (χ0) is 22.9. The normalized spacial score (nSPS) is 20.7. The highest BCUT2D eigenvalue weighted by molar-refractivity contribution is 5.83. The van der Waals surface area contributed by atoms with Crippen molar-refractivity contribution >= 4 is 24.1 Å². The van der Waals surface area contributed by atoms with E-state index in [-0.39, 0.29) is 26.1 Å². The number of esters is 2. The van der Waals surface area contributed by atoms with Gasteiger partial charge in [0.15, 0.2) is 0 Å². The minimum atomic E-state index is -1.06. The number of amides is 2. The van der Waals surface area contributed by atoms with Crippen LogP contribution in [0.25, 0.3) is 0 Å². The molecular weight excluding hydrogens is 396 g/mol. The van der Waals surface area contributed by atoms with E-state index in [0.717, 1.165) is 0 Å². The van der Waals surface area contributed by atoms with E-state index in [1.165, 1.54) is 0 Å². The van der Waals surface area contributed by atoms with E-state index in [1.807, 2.05) is 0 Å². The number of nitrogens with one attached hydrogen (secondary N) is 2. The fraction of sp³-hybridized carbons (Fsp3) is 0.700. The van der Waals surface area contributed by atoms with Crippen molar-refractivity contribution in [1.82, 2.24) is 10.6 Å². The summed E-state index contributed by atoms with van der Waals surface area (Å²) in [6.07, 6.45) is -1.69. The van der Waals surface area contributed by atoms with Crippen molar-refractivity contribution in [3.8, 4) is 11.8 Å². The lowest BCUT2D eigenvalue weighted by Crippen LogP contribution is -2.45. The summed E-state index contributed by atoms with van der Waals surface area (Å²) in [6.45, 7) is 9.72. The van der Waals surface area contributed by atoms with Crippen molar-refractivity contribution in [2.24, 2.45) is 0 Å². The van der Waals surface area contributed by atoms with E-state index in [9.17, 15) is 19.2 Å². The molecular formula is C20H30N2O8. The van der Waals surface area contributed by atoms with Crippen LogP contribution in [0.15, 0.2) is 0 Å². The van der Waals surface area contributed by atoms with Crippen LogP contribution in [0.2, 0.25) is 0 Å². The van der Waals surface area contributed by atoms with Crippen LogP contribution in [0, 0.1) is 11.8 Å². The first-order valence-electron chi connectivity index (χ1n) is 9.55. The van der Waals surface area contributed by atoms with Crippen molar-refractivity contribution < 1.29 is 38.1 Å². The van der Waals surface area contributed by atoms with Crippen molar-refractivity contribution in [2.45, 2.75) is 77.7 Å². The quantitative estimate of drug-likeness (QED) is 0.387. The third-order valence-electron chi connectivity index (χ3n) is 3.26. The van der Waals surface area contributed by atoms with Gasteiger partial charge < -0.3 is 29.6 Å². The van der Waals surface area contributed by atoms with Crippen molar-refractivity contribution in [1.29, 1.82) is 0 Å². The molecule has 0 aromatic rings. The lowest BCUT2D eigenvalue weighted by Gasteiger charge is -2.23. The highest BCUT2D eigenvalue weighted by atomic mass is 16.6. The standard InChI is InChI=1S/C20H30N2O8/c1-19(2,3)29-17(25)21-13-9-7-8-10-14(22-18(26)30-20(4,5)6)16(24)28-12-11-27-15(13)23/h13-14H,9-12H2,1-6H3,(H,21,25)(H,22,26)/t13-,14?/m0/s1. The number of hydrogen-bond acceptors (Lipinski definition) is 8. The largest absolute Gasteiger partial charge is 0.461 e. The summed E-state index contributed by atoms with van der Waals surface area (Å²) in [4.78, 5) is 48.3. The number of cyclic esters (lactones) is 2. The number of ether oxygens (including phenoxy) is 4. The maximum Gasteiger partial charge on any atom is 0.408 e. The molecule has 1 aliphatic rings. The second-order valence-corrected chi connectivity index (χ2v) is 8.49. The zero-order valence-corrected chi connectivity index (χ0v) is 18.2. The molecule has 1 heterocycles. The van der Waals surface area contributed by atoms with Crippen LogP contribution < -0.4 is 10.6 Å². The average molecular weight is 426 g/mol. The molecule has 2 atom stereocenters. The molecule has 168 valence electrons.